The molecule has 1 atom stereocenters. The van der Waals surface area contributed by atoms with Gasteiger partial charge in [-0.1, -0.05) is 6.07 Å². The van der Waals surface area contributed by atoms with Gasteiger partial charge in [0.2, 0.25) is 0 Å². The van der Waals surface area contributed by atoms with Crippen molar-refractivity contribution in [2.24, 2.45) is 0 Å². The van der Waals surface area contributed by atoms with Crippen molar-refractivity contribution in [1.82, 2.24) is 4.90 Å². The summed E-state index contributed by atoms with van der Waals surface area (Å²) in [4.78, 5) is 2.20. The highest BCUT2D eigenvalue weighted by Gasteiger charge is 2.21. The van der Waals surface area contributed by atoms with Crippen molar-refractivity contribution in [3.05, 3.63) is 35.4 Å². The molecule has 0 amide bonds. The van der Waals surface area contributed by atoms with Crippen LogP contribution in [0.3, 0.4) is 0 Å². The molecule has 0 N–H and O–H groups in total. The lowest BCUT2D eigenvalue weighted by molar-refractivity contribution is 0.411. The number of benzene rings is 1. The smallest absolute Gasteiger partial charge is 0.159 e. The SMILES string of the molecule is CN1CC[C@H](c2ccc(F)c(F)c2)C1. The van der Waals surface area contributed by atoms with Crippen LogP contribution < -0.4 is 0 Å². The first kappa shape index (κ1) is 9.59. The van der Waals surface area contributed by atoms with Gasteiger partial charge in [0.05, 0.1) is 0 Å². The minimum Gasteiger partial charge on any atom is -0.306 e. The summed E-state index contributed by atoms with van der Waals surface area (Å²) in [7, 11) is 2.04. The van der Waals surface area contributed by atoms with Gasteiger partial charge < -0.3 is 4.90 Å². The molecule has 0 aliphatic carbocycles. The monoisotopic (exact) mass is 197 g/mol. The molecule has 0 saturated carbocycles. The molecular formula is C11H13F2N. The Hall–Kier alpha value is -0.960. The van der Waals surface area contributed by atoms with Gasteiger partial charge in [0.15, 0.2) is 11.6 Å². The van der Waals surface area contributed by atoms with Crippen LogP contribution in [0, 0.1) is 11.6 Å². The fraction of sp³-hybridized carbons (Fsp3) is 0.455. The average Bonchev–Trinajstić information content (AvgIpc) is 2.57. The molecule has 1 aromatic carbocycles. The van der Waals surface area contributed by atoms with Crippen molar-refractivity contribution < 1.29 is 8.78 Å². The Morgan fingerprint density at radius 3 is 2.64 bits per heavy atom. The Bertz CT molecular complexity index is 338. The molecule has 1 fully saturated rings. The number of likely N-dealkylation sites (N-methyl/N-ethyl adjacent to an activating group) is 1. The molecule has 2 rings (SSSR count). The van der Waals surface area contributed by atoms with Crippen LogP contribution in [-0.4, -0.2) is 25.0 Å². The van der Waals surface area contributed by atoms with Gasteiger partial charge in [-0.3, -0.25) is 0 Å². The van der Waals surface area contributed by atoms with E-state index >= 15 is 0 Å². The third kappa shape index (κ3) is 1.77. The lowest BCUT2D eigenvalue weighted by Gasteiger charge is -2.10. The van der Waals surface area contributed by atoms with Gasteiger partial charge in [-0.05, 0) is 43.6 Å². The maximum Gasteiger partial charge on any atom is 0.159 e. The third-order valence-electron chi connectivity index (χ3n) is 2.81. The zero-order valence-corrected chi connectivity index (χ0v) is 8.13. The summed E-state index contributed by atoms with van der Waals surface area (Å²) >= 11 is 0. The summed E-state index contributed by atoms with van der Waals surface area (Å²) in [6.45, 7) is 1.97. The van der Waals surface area contributed by atoms with Crippen LogP contribution in [0.2, 0.25) is 0 Å². The number of nitrogens with zero attached hydrogens (tertiary/aromatic N) is 1. The van der Waals surface area contributed by atoms with Crippen LogP contribution in [0.5, 0.6) is 0 Å². The third-order valence-corrected chi connectivity index (χ3v) is 2.81. The van der Waals surface area contributed by atoms with Crippen molar-refractivity contribution in [3.63, 3.8) is 0 Å². The van der Waals surface area contributed by atoms with Gasteiger partial charge in [0.25, 0.3) is 0 Å². The van der Waals surface area contributed by atoms with E-state index in [9.17, 15) is 8.78 Å². The fourth-order valence-corrected chi connectivity index (χ4v) is 1.97. The highest BCUT2D eigenvalue weighted by Crippen LogP contribution is 2.26. The summed E-state index contributed by atoms with van der Waals surface area (Å²) in [6.07, 6.45) is 1.03. The van der Waals surface area contributed by atoms with Gasteiger partial charge in [-0.25, -0.2) is 8.78 Å². The van der Waals surface area contributed by atoms with Crippen LogP contribution in [0.25, 0.3) is 0 Å². The number of likely N-dealkylation sites (tertiary alicyclic amines) is 1. The van der Waals surface area contributed by atoms with Gasteiger partial charge in [0.1, 0.15) is 0 Å². The maximum absolute atomic E-state index is 12.9. The van der Waals surface area contributed by atoms with E-state index in [2.05, 4.69) is 4.90 Å². The van der Waals surface area contributed by atoms with E-state index in [0.717, 1.165) is 25.1 Å². The summed E-state index contributed by atoms with van der Waals surface area (Å²) in [5.74, 6) is -1.15. The number of hydrogen-bond donors (Lipinski definition) is 0. The van der Waals surface area contributed by atoms with Crippen LogP contribution in [0.15, 0.2) is 18.2 Å². The second-order valence-electron chi connectivity index (χ2n) is 3.92. The molecule has 0 aromatic heterocycles. The maximum atomic E-state index is 12.9. The van der Waals surface area contributed by atoms with E-state index in [1.54, 1.807) is 6.07 Å². The molecule has 1 saturated heterocycles. The highest BCUT2D eigenvalue weighted by atomic mass is 19.2. The summed E-state index contributed by atoms with van der Waals surface area (Å²) in [6, 6.07) is 4.21. The molecule has 3 heteroatoms. The highest BCUT2D eigenvalue weighted by molar-refractivity contribution is 5.23. The molecule has 0 unspecified atom stereocenters. The standard InChI is InChI=1S/C11H13F2N/c1-14-5-4-9(7-14)8-2-3-10(12)11(13)6-8/h2-3,6,9H,4-5,7H2,1H3/t9-/m0/s1. The number of rotatable bonds is 1. The molecule has 14 heavy (non-hydrogen) atoms. The average molecular weight is 197 g/mol. The first-order chi connectivity index (χ1) is 6.66. The molecule has 0 bridgehead atoms. The zero-order chi connectivity index (χ0) is 10.1. The second-order valence-corrected chi connectivity index (χ2v) is 3.92. The minimum atomic E-state index is -0.764. The molecule has 1 aliphatic rings. The van der Waals surface area contributed by atoms with E-state index in [0.29, 0.717) is 5.92 Å². The predicted molar refractivity (Wildman–Crippen MR) is 51.2 cm³/mol. The first-order valence-electron chi connectivity index (χ1n) is 4.80. The topological polar surface area (TPSA) is 3.24 Å². The van der Waals surface area contributed by atoms with Crippen molar-refractivity contribution >= 4 is 0 Å². The molecule has 0 radical (unpaired) electrons. The molecular weight excluding hydrogens is 184 g/mol. The minimum absolute atomic E-state index is 0.357. The van der Waals surface area contributed by atoms with Crippen LogP contribution in [0.1, 0.15) is 17.9 Å². The van der Waals surface area contributed by atoms with Crippen molar-refractivity contribution in [2.45, 2.75) is 12.3 Å². The molecule has 1 heterocycles. The van der Waals surface area contributed by atoms with E-state index in [-0.39, 0.29) is 0 Å². The molecule has 1 aliphatic heterocycles. The predicted octanol–water partition coefficient (Wildman–Crippen LogP) is 2.38. The fourth-order valence-electron chi connectivity index (χ4n) is 1.97. The second kappa shape index (κ2) is 3.65. The first-order valence-corrected chi connectivity index (χ1v) is 4.80. The Morgan fingerprint density at radius 2 is 2.07 bits per heavy atom. The Morgan fingerprint density at radius 1 is 1.29 bits per heavy atom. The quantitative estimate of drug-likeness (QED) is 0.668. The van der Waals surface area contributed by atoms with Crippen molar-refractivity contribution in [1.29, 1.82) is 0 Å². The van der Waals surface area contributed by atoms with Gasteiger partial charge >= 0.3 is 0 Å². The lowest BCUT2D eigenvalue weighted by Crippen LogP contribution is -2.13. The zero-order valence-electron chi connectivity index (χ0n) is 8.13. The van der Waals surface area contributed by atoms with Gasteiger partial charge in [-0.2, -0.15) is 0 Å². The van der Waals surface area contributed by atoms with Crippen molar-refractivity contribution in [3.8, 4) is 0 Å². The Balaban J connectivity index is 2.20. The van der Waals surface area contributed by atoms with Crippen LogP contribution >= 0.6 is 0 Å². The normalized spacial score (nSPS) is 22.9. The largest absolute Gasteiger partial charge is 0.306 e. The Kier molecular flexibility index (Phi) is 2.50. The van der Waals surface area contributed by atoms with E-state index in [1.165, 1.54) is 12.1 Å². The van der Waals surface area contributed by atoms with Crippen LogP contribution in [-0.2, 0) is 0 Å². The number of halogens is 2. The molecule has 0 spiro atoms. The summed E-state index contributed by atoms with van der Waals surface area (Å²) in [5, 5.41) is 0. The molecule has 76 valence electrons. The summed E-state index contributed by atoms with van der Waals surface area (Å²) < 4.78 is 25.6. The molecule has 1 nitrogen and oxygen atoms in total. The van der Waals surface area contributed by atoms with E-state index in [4.69, 9.17) is 0 Å². The van der Waals surface area contributed by atoms with E-state index in [1.807, 2.05) is 7.05 Å². The molecule has 1 aromatic rings. The lowest BCUT2D eigenvalue weighted by atomic mass is 9.98. The van der Waals surface area contributed by atoms with E-state index < -0.39 is 11.6 Å². The van der Waals surface area contributed by atoms with Crippen molar-refractivity contribution in [2.75, 3.05) is 20.1 Å². The van der Waals surface area contributed by atoms with Crippen LogP contribution in [0.4, 0.5) is 8.78 Å². The Labute approximate surface area is 82.3 Å². The van der Waals surface area contributed by atoms with Gasteiger partial charge in [0, 0.05) is 6.54 Å². The summed E-state index contributed by atoms with van der Waals surface area (Å²) in [5.41, 5.74) is 0.910. The number of hydrogen-bond acceptors (Lipinski definition) is 1. The van der Waals surface area contributed by atoms with Gasteiger partial charge in [-0.15, -0.1) is 0 Å².